The Kier molecular flexibility index (Phi) is 3.10. The van der Waals surface area contributed by atoms with Crippen LogP contribution in [0.2, 0.25) is 0 Å². The summed E-state index contributed by atoms with van der Waals surface area (Å²) in [6, 6.07) is 11.0. The molecule has 1 atom stereocenters. The molecule has 0 saturated heterocycles. The number of anilines is 1. The van der Waals surface area contributed by atoms with E-state index in [1.807, 2.05) is 0 Å². The number of carbonyl (C=O) groups is 2. The van der Waals surface area contributed by atoms with E-state index in [9.17, 15) is 13.8 Å². The topological polar surface area (TPSA) is 74.7 Å². The fourth-order valence-electron chi connectivity index (χ4n) is 2.28. The Bertz CT molecular complexity index is 800. The second-order valence-corrected chi connectivity index (χ2v) is 6.03. The number of carboxylic acids is 1. The van der Waals surface area contributed by atoms with E-state index in [4.69, 9.17) is 5.11 Å². The Balaban J connectivity index is 2.29. The van der Waals surface area contributed by atoms with Crippen LogP contribution >= 0.6 is 0 Å². The van der Waals surface area contributed by atoms with Crippen molar-refractivity contribution in [3.63, 3.8) is 0 Å². The zero-order chi connectivity index (χ0) is 15.1. The van der Waals surface area contributed by atoms with Crippen LogP contribution in [0, 0.1) is 0 Å². The molecule has 2 aromatic rings. The number of hydrogen-bond donors (Lipinski definition) is 1. The van der Waals surface area contributed by atoms with Crippen LogP contribution in [0.1, 0.15) is 20.7 Å². The second kappa shape index (κ2) is 4.82. The van der Waals surface area contributed by atoms with Gasteiger partial charge in [-0.1, -0.05) is 12.1 Å². The fraction of sp³-hybridized carbons (Fsp3) is 0.0667. The molecule has 0 saturated carbocycles. The third kappa shape index (κ3) is 2.04. The van der Waals surface area contributed by atoms with Gasteiger partial charge in [0.1, 0.15) is 0 Å². The molecule has 5 nitrogen and oxygen atoms in total. The van der Waals surface area contributed by atoms with Gasteiger partial charge in [0.25, 0.3) is 5.91 Å². The van der Waals surface area contributed by atoms with E-state index < -0.39 is 16.8 Å². The van der Waals surface area contributed by atoms with Gasteiger partial charge in [0, 0.05) is 7.05 Å². The van der Waals surface area contributed by atoms with Crippen LogP contribution in [0.25, 0.3) is 0 Å². The largest absolute Gasteiger partial charge is 0.478 e. The summed E-state index contributed by atoms with van der Waals surface area (Å²) in [5.41, 5.74) is 0.775. The highest BCUT2D eigenvalue weighted by Gasteiger charge is 2.29. The van der Waals surface area contributed by atoms with Gasteiger partial charge in [-0.15, -0.1) is 0 Å². The lowest BCUT2D eigenvalue weighted by Gasteiger charge is -2.17. The lowest BCUT2D eigenvalue weighted by atomic mass is 10.1. The highest BCUT2D eigenvalue weighted by atomic mass is 32.2. The molecule has 3 rings (SSSR count). The van der Waals surface area contributed by atoms with E-state index in [0.717, 1.165) is 0 Å². The van der Waals surface area contributed by atoms with E-state index in [-0.39, 0.29) is 11.5 Å². The SMILES string of the molecule is CN1C(=O)c2ccccc2S(=O)c2ccc(C(=O)O)cc21. The summed E-state index contributed by atoms with van der Waals surface area (Å²) in [5.74, 6) is -1.40. The van der Waals surface area contributed by atoms with Gasteiger partial charge in [-0.3, -0.25) is 4.79 Å². The highest BCUT2D eigenvalue weighted by molar-refractivity contribution is 7.85. The molecule has 1 aliphatic rings. The molecular weight excluding hydrogens is 290 g/mol. The first kappa shape index (κ1) is 13.5. The predicted molar refractivity (Wildman–Crippen MR) is 77.3 cm³/mol. The monoisotopic (exact) mass is 301 g/mol. The van der Waals surface area contributed by atoms with Crippen molar-refractivity contribution in [2.24, 2.45) is 0 Å². The van der Waals surface area contributed by atoms with Gasteiger partial charge in [-0.2, -0.15) is 0 Å². The van der Waals surface area contributed by atoms with E-state index in [2.05, 4.69) is 0 Å². The Labute approximate surface area is 123 Å². The molecule has 0 spiro atoms. The summed E-state index contributed by atoms with van der Waals surface area (Å²) in [6.45, 7) is 0. The first-order chi connectivity index (χ1) is 10.0. The van der Waals surface area contributed by atoms with E-state index >= 15 is 0 Å². The molecule has 0 aromatic heterocycles. The first-order valence-corrected chi connectivity index (χ1v) is 7.32. The van der Waals surface area contributed by atoms with Crippen molar-refractivity contribution < 1.29 is 18.9 Å². The Hall–Kier alpha value is -2.47. The number of carboxylic acid groups (broad SMARTS) is 1. The van der Waals surface area contributed by atoms with Gasteiger partial charge in [0.2, 0.25) is 0 Å². The van der Waals surface area contributed by atoms with Gasteiger partial charge in [0.05, 0.1) is 37.4 Å². The van der Waals surface area contributed by atoms with Gasteiger partial charge in [0.15, 0.2) is 0 Å². The Morgan fingerprint density at radius 1 is 1.14 bits per heavy atom. The molecule has 0 fully saturated rings. The molecule has 1 heterocycles. The molecule has 1 amide bonds. The molecule has 1 unspecified atom stereocenters. The van der Waals surface area contributed by atoms with Crippen LogP contribution in [0.4, 0.5) is 5.69 Å². The average molecular weight is 301 g/mol. The van der Waals surface area contributed by atoms with Crippen molar-refractivity contribution in [3.05, 3.63) is 53.6 Å². The van der Waals surface area contributed by atoms with Gasteiger partial charge >= 0.3 is 5.97 Å². The van der Waals surface area contributed by atoms with Crippen LogP contribution in [-0.4, -0.2) is 28.2 Å². The number of rotatable bonds is 1. The first-order valence-electron chi connectivity index (χ1n) is 6.17. The number of nitrogens with zero attached hydrogens (tertiary/aromatic N) is 1. The van der Waals surface area contributed by atoms with Crippen molar-refractivity contribution in [2.75, 3.05) is 11.9 Å². The summed E-state index contributed by atoms with van der Waals surface area (Å²) in [7, 11) is 0.0220. The molecule has 21 heavy (non-hydrogen) atoms. The van der Waals surface area contributed by atoms with Gasteiger partial charge in [-0.25, -0.2) is 9.00 Å². The van der Waals surface area contributed by atoms with Gasteiger partial charge in [-0.05, 0) is 30.3 Å². The minimum atomic E-state index is -1.53. The highest BCUT2D eigenvalue weighted by Crippen LogP contribution is 2.34. The number of aromatic carboxylic acids is 1. The summed E-state index contributed by atoms with van der Waals surface area (Å²) < 4.78 is 12.7. The van der Waals surface area contributed by atoms with Crippen LogP contribution in [0.3, 0.4) is 0 Å². The molecule has 6 heteroatoms. The molecule has 0 radical (unpaired) electrons. The van der Waals surface area contributed by atoms with E-state index in [0.29, 0.717) is 21.0 Å². The zero-order valence-electron chi connectivity index (χ0n) is 11.1. The van der Waals surface area contributed by atoms with Crippen LogP contribution in [0.5, 0.6) is 0 Å². The Morgan fingerprint density at radius 2 is 1.86 bits per heavy atom. The molecule has 1 N–H and O–H groups in total. The smallest absolute Gasteiger partial charge is 0.335 e. The van der Waals surface area contributed by atoms with E-state index in [1.165, 1.54) is 23.1 Å². The van der Waals surface area contributed by atoms with Crippen molar-refractivity contribution in [1.29, 1.82) is 0 Å². The lowest BCUT2D eigenvalue weighted by Crippen LogP contribution is -2.26. The number of hydrogen-bond acceptors (Lipinski definition) is 3. The van der Waals surface area contributed by atoms with Crippen molar-refractivity contribution in [1.82, 2.24) is 0 Å². The maximum absolute atomic E-state index is 12.7. The molecular formula is C15H11NO4S. The quantitative estimate of drug-likeness (QED) is 0.875. The van der Waals surface area contributed by atoms with Gasteiger partial charge < -0.3 is 10.0 Å². The lowest BCUT2D eigenvalue weighted by molar-refractivity contribution is 0.0696. The summed E-state index contributed by atoms with van der Waals surface area (Å²) in [5, 5.41) is 9.07. The Morgan fingerprint density at radius 3 is 2.57 bits per heavy atom. The van der Waals surface area contributed by atoms with Crippen LogP contribution in [-0.2, 0) is 10.8 Å². The van der Waals surface area contributed by atoms with Crippen LogP contribution in [0.15, 0.2) is 52.3 Å². The molecule has 106 valence electrons. The van der Waals surface area contributed by atoms with Crippen LogP contribution < -0.4 is 4.90 Å². The maximum Gasteiger partial charge on any atom is 0.335 e. The second-order valence-electron chi connectivity index (χ2n) is 4.62. The average Bonchev–Trinajstić information content (AvgIpc) is 2.58. The molecule has 0 aliphatic carbocycles. The van der Waals surface area contributed by atoms with Crippen molar-refractivity contribution >= 4 is 28.4 Å². The number of carbonyl (C=O) groups excluding carboxylic acids is 1. The van der Waals surface area contributed by atoms with E-state index in [1.54, 1.807) is 31.3 Å². The third-order valence-electron chi connectivity index (χ3n) is 3.39. The predicted octanol–water partition coefficient (Wildman–Crippen LogP) is 2.14. The fourth-order valence-corrected chi connectivity index (χ4v) is 3.65. The summed E-state index contributed by atoms with van der Waals surface area (Å²) >= 11 is 0. The normalized spacial score (nSPS) is 16.9. The maximum atomic E-state index is 12.7. The molecule has 1 aliphatic heterocycles. The standard InChI is InChI=1S/C15H11NO4S/c1-16-11-8-9(15(18)19)6-7-13(11)21(20)12-5-3-2-4-10(12)14(16)17/h2-8H,1H3,(H,18,19). The van der Waals surface area contributed by atoms with Crippen molar-refractivity contribution in [2.45, 2.75) is 9.79 Å². The number of amides is 1. The van der Waals surface area contributed by atoms with Crippen molar-refractivity contribution in [3.8, 4) is 0 Å². The minimum absolute atomic E-state index is 0.0522. The molecule has 2 aromatic carbocycles. The number of fused-ring (bicyclic) bond motifs is 2. The number of benzene rings is 2. The summed E-state index contributed by atoms with van der Waals surface area (Å²) in [6.07, 6.45) is 0. The zero-order valence-corrected chi connectivity index (χ0v) is 11.9. The molecule has 0 bridgehead atoms. The summed E-state index contributed by atoms with van der Waals surface area (Å²) in [4.78, 5) is 25.8. The third-order valence-corrected chi connectivity index (χ3v) is 4.89. The minimum Gasteiger partial charge on any atom is -0.478 e.